The van der Waals surface area contributed by atoms with Gasteiger partial charge in [0, 0.05) is 11.6 Å². The Labute approximate surface area is 94.0 Å². The van der Waals surface area contributed by atoms with Gasteiger partial charge < -0.3 is 5.73 Å². The predicted molar refractivity (Wildman–Crippen MR) is 60.8 cm³/mol. The maximum atomic E-state index is 13.6. The Morgan fingerprint density at radius 2 is 1.81 bits per heavy atom. The van der Waals surface area contributed by atoms with Crippen molar-refractivity contribution in [3.8, 4) is 0 Å². The number of allylic oxidation sites excluding steroid dienone is 1. The number of benzene rings is 1. The van der Waals surface area contributed by atoms with E-state index in [4.69, 9.17) is 5.73 Å². The molecule has 0 amide bonds. The highest BCUT2D eigenvalue weighted by molar-refractivity contribution is 5.67. The molecule has 1 aromatic rings. The van der Waals surface area contributed by atoms with Crippen LogP contribution in [-0.4, -0.2) is 6.04 Å². The molecule has 16 heavy (non-hydrogen) atoms. The largest absolute Gasteiger partial charge is 0.324 e. The summed E-state index contributed by atoms with van der Waals surface area (Å²) >= 11 is 0. The third-order valence-corrected chi connectivity index (χ3v) is 2.93. The van der Waals surface area contributed by atoms with Gasteiger partial charge in [-0.25, -0.2) is 8.78 Å². The standard InChI is InChI=1S/C13H15F2N/c14-11-6-3-7-12(15)13(11)9-4-1-2-5-10(16)8-9/h3,6-8,10H,1-2,4-5,16H2. The molecule has 1 unspecified atom stereocenters. The lowest BCUT2D eigenvalue weighted by atomic mass is 10.00. The van der Waals surface area contributed by atoms with Crippen LogP contribution in [0.4, 0.5) is 8.78 Å². The summed E-state index contributed by atoms with van der Waals surface area (Å²) in [6.07, 6.45) is 5.34. The maximum absolute atomic E-state index is 13.6. The SMILES string of the molecule is NC1C=C(c2c(F)cccc2F)CCCC1. The number of halogens is 2. The summed E-state index contributed by atoms with van der Waals surface area (Å²) in [6, 6.07) is 3.87. The molecule has 86 valence electrons. The second kappa shape index (κ2) is 4.74. The van der Waals surface area contributed by atoms with E-state index in [2.05, 4.69) is 0 Å². The Morgan fingerprint density at radius 1 is 1.12 bits per heavy atom. The van der Waals surface area contributed by atoms with Crippen molar-refractivity contribution >= 4 is 5.57 Å². The quantitative estimate of drug-likeness (QED) is 0.777. The Hall–Kier alpha value is -1.22. The lowest BCUT2D eigenvalue weighted by Crippen LogP contribution is -2.15. The van der Waals surface area contributed by atoms with Crippen LogP contribution in [0.2, 0.25) is 0 Å². The molecule has 0 fully saturated rings. The highest BCUT2D eigenvalue weighted by atomic mass is 19.1. The second-order valence-electron chi connectivity index (χ2n) is 4.20. The lowest BCUT2D eigenvalue weighted by Gasteiger charge is -2.09. The minimum Gasteiger partial charge on any atom is -0.324 e. The van der Waals surface area contributed by atoms with Crippen LogP contribution in [0.1, 0.15) is 31.2 Å². The first-order valence-electron chi connectivity index (χ1n) is 5.59. The van der Waals surface area contributed by atoms with E-state index in [1.165, 1.54) is 18.2 Å². The van der Waals surface area contributed by atoms with Crippen molar-refractivity contribution in [1.29, 1.82) is 0 Å². The van der Waals surface area contributed by atoms with E-state index in [-0.39, 0.29) is 11.6 Å². The second-order valence-corrected chi connectivity index (χ2v) is 4.20. The lowest BCUT2D eigenvalue weighted by molar-refractivity contribution is 0.575. The zero-order chi connectivity index (χ0) is 11.5. The average molecular weight is 223 g/mol. The van der Waals surface area contributed by atoms with Crippen molar-refractivity contribution < 1.29 is 8.78 Å². The zero-order valence-corrected chi connectivity index (χ0v) is 9.05. The summed E-state index contributed by atoms with van der Waals surface area (Å²) in [5, 5.41) is 0. The van der Waals surface area contributed by atoms with Gasteiger partial charge in [0.2, 0.25) is 0 Å². The van der Waals surface area contributed by atoms with E-state index >= 15 is 0 Å². The van der Waals surface area contributed by atoms with Crippen LogP contribution in [0.3, 0.4) is 0 Å². The van der Waals surface area contributed by atoms with Crippen LogP contribution >= 0.6 is 0 Å². The molecule has 0 radical (unpaired) electrons. The van der Waals surface area contributed by atoms with E-state index in [1.54, 1.807) is 6.08 Å². The molecule has 0 saturated carbocycles. The van der Waals surface area contributed by atoms with Crippen molar-refractivity contribution in [3.63, 3.8) is 0 Å². The van der Waals surface area contributed by atoms with Gasteiger partial charge >= 0.3 is 0 Å². The minimum absolute atomic E-state index is 0.0866. The van der Waals surface area contributed by atoms with E-state index in [0.717, 1.165) is 19.3 Å². The van der Waals surface area contributed by atoms with Crippen LogP contribution in [-0.2, 0) is 0 Å². The summed E-state index contributed by atoms with van der Waals surface area (Å²) in [5.41, 5.74) is 6.65. The van der Waals surface area contributed by atoms with Gasteiger partial charge in [-0.2, -0.15) is 0 Å². The fourth-order valence-corrected chi connectivity index (χ4v) is 2.13. The van der Waals surface area contributed by atoms with E-state index < -0.39 is 11.6 Å². The smallest absolute Gasteiger partial charge is 0.133 e. The maximum Gasteiger partial charge on any atom is 0.133 e. The molecule has 1 atom stereocenters. The molecule has 0 heterocycles. The van der Waals surface area contributed by atoms with Gasteiger partial charge in [0.1, 0.15) is 11.6 Å². The number of rotatable bonds is 1. The Bertz CT molecular complexity index is 392. The predicted octanol–water partition coefficient (Wildman–Crippen LogP) is 3.25. The fourth-order valence-electron chi connectivity index (χ4n) is 2.13. The van der Waals surface area contributed by atoms with Crippen LogP contribution < -0.4 is 5.73 Å². The summed E-state index contributed by atoms with van der Waals surface area (Å²) in [7, 11) is 0. The number of hydrogen-bond donors (Lipinski definition) is 1. The van der Waals surface area contributed by atoms with Gasteiger partial charge in [-0.3, -0.25) is 0 Å². The van der Waals surface area contributed by atoms with Gasteiger partial charge in [-0.15, -0.1) is 0 Å². The monoisotopic (exact) mass is 223 g/mol. The van der Waals surface area contributed by atoms with E-state index in [0.29, 0.717) is 12.0 Å². The molecule has 0 saturated heterocycles. The third kappa shape index (κ3) is 2.30. The van der Waals surface area contributed by atoms with Crippen molar-refractivity contribution in [2.45, 2.75) is 31.7 Å². The highest BCUT2D eigenvalue weighted by Gasteiger charge is 2.16. The van der Waals surface area contributed by atoms with Gasteiger partial charge in [-0.05, 0) is 37.0 Å². The minimum atomic E-state index is -0.500. The van der Waals surface area contributed by atoms with Crippen LogP contribution in [0.15, 0.2) is 24.3 Å². The van der Waals surface area contributed by atoms with Crippen LogP contribution in [0.5, 0.6) is 0 Å². The zero-order valence-electron chi connectivity index (χ0n) is 9.05. The first-order valence-corrected chi connectivity index (χ1v) is 5.59. The Morgan fingerprint density at radius 3 is 2.50 bits per heavy atom. The average Bonchev–Trinajstić information content (AvgIpc) is 2.43. The van der Waals surface area contributed by atoms with Crippen molar-refractivity contribution in [2.24, 2.45) is 5.73 Å². The van der Waals surface area contributed by atoms with Gasteiger partial charge in [0.15, 0.2) is 0 Å². The molecule has 3 heteroatoms. The normalized spacial score (nSPS) is 21.4. The van der Waals surface area contributed by atoms with Crippen LogP contribution in [0.25, 0.3) is 5.57 Å². The molecule has 1 aliphatic carbocycles. The molecule has 1 nitrogen and oxygen atoms in total. The summed E-state index contributed by atoms with van der Waals surface area (Å²) in [6.45, 7) is 0. The molecule has 0 aliphatic heterocycles. The van der Waals surface area contributed by atoms with Crippen molar-refractivity contribution in [3.05, 3.63) is 41.5 Å². The van der Waals surface area contributed by atoms with Gasteiger partial charge in [-0.1, -0.05) is 18.6 Å². The highest BCUT2D eigenvalue weighted by Crippen LogP contribution is 2.29. The third-order valence-electron chi connectivity index (χ3n) is 2.93. The molecule has 0 aromatic heterocycles. The van der Waals surface area contributed by atoms with E-state index in [9.17, 15) is 8.78 Å². The molecule has 0 bridgehead atoms. The number of nitrogens with two attached hydrogens (primary N) is 1. The molecular weight excluding hydrogens is 208 g/mol. The number of hydrogen-bond acceptors (Lipinski definition) is 1. The summed E-state index contributed by atoms with van der Waals surface area (Å²) in [4.78, 5) is 0. The molecule has 1 aliphatic rings. The van der Waals surface area contributed by atoms with Gasteiger partial charge in [0.25, 0.3) is 0 Å². The molecule has 0 spiro atoms. The summed E-state index contributed by atoms with van der Waals surface area (Å²) in [5.74, 6) is -0.999. The summed E-state index contributed by atoms with van der Waals surface area (Å²) < 4.78 is 27.1. The molecule has 2 rings (SSSR count). The molecule has 2 N–H and O–H groups in total. The van der Waals surface area contributed by atoms with Crippen LogP contribution in [0, 0.1) is 11.6 Å². The topological polar surface area (TPSA) is 26.0 Å². The first-order chi connectivity index (χ1) is 7.68. The fraction of sp³-hybridized carbons (Fsp3) is 0.385. The van der Waals surface area contributed by atoms with E-state index in [1.807, 2.05) is 0 Å². The van der Waals surface area contributed by atoms with Crippen molar-refractivity contribution in [2.75, 3.05) is 0 Å². The molecule has 1 aromatic carbocycles. The van der Waals surface area contributed by atoms with Crippen molar-refractivity contribution in [1.82, 2.24) is 0 Å². The molecular formula is C13H15F2N. The first kappa shape index (κ1) is 11.3. The Balaban J connectivity index is 2.42. The van der Waals surface area contributed by atoms with Gasteiger partial charge in [0.05, 0.1) is 0 Å². The Kier molecular flexibility index (Phi) is 3.34.